The predicted octanol–water partition coefficient (Wildman–Crippen LogP) is 17.7. The lowest BCUT2D eigenvalue weighted by Gasteiger charge is -2.54. The summed E-state index contributed by atoms with van der Waals surface area (Å²) in [6.45, 7) is 52.1. The van der Waals surface area contributed by atoms with E-state index in [9.17, 15) is 0 Å². The first-order valence-electron chi connectivity index (χ1n) is 36.8. The second-order valence-corrected chi connectivity index (χ2v) is 207. The Morgan fingerprint density at radius 1 is 0.147 bits per heavy atom. The summed E-state index contributed by atoms with van der Waals surface area (Å²) >= 11 is 151. The zero-order valence-electron chi connectivity index (χ0n) is 64.1. The maximum atomic E-state index is 6.29. The van der Waals surface area contributed by atoms with Crippen LogP contribution in [0.2, 0.25) is 0 Å². The van der Waals surface area contributed by atoms with Gasteiger partial charge in [-0.3, -0.25) is 0 Å². The molecule has 628 valence electrons. The lowest BCUT2D eigenvalue weighted by atomic mass is 10.1. The summed E-state index contributed by atoms with van der Waals surface area (Å²) in [4.78, 5) is 0. The first-order valence-corrected chi connectivity index (χ1v) is 97.0. The summed E-state index contributed by atoms with van der Waals surface area (Å²) in [5.41, 5.74) is -43.9. The van der Waals surface area contributed by atoms with Gasteiger partial charge in [0.1, 0.15) is 0 Å². The van der Waals surface area contributed by atoms with Crippen LogP contribution in [-0.2, 0) is 0 Å². The van der Waals surface area contributed by atoms with Gasteiger partial charge in [0.15, 0.2) is 0 Å². The Hall–Kier alpha value is 10.6. The van der Waals surface area contributed by atoms with Crippen LogP contribution in [0.3, 0.4) is 0 Å². The van der Waals surface area contributed by atoms with Crippen LogP contribution in [0.4, 0.5) is 0 Å². The maximum absolute atomic E-state index is 6.29. The predicted molar refractivity (Wildman–Crippen MR) is 499 cm³/mol. The smallest absolute Gasteiger partial charge is 0.295 e. The van der Waals surface area contributed by atoms with Gasteiger partial charge in [0.25, 0.3) is 68.7 Å². The average Bonchev–Trinajstić information content (AvgIpc) is 0.677. The third-order valence-electron chi connectivity index (χ3n) is 18.9. The summed E-state index contributed by atoms with van der Waals surface area (Å²) in [5, 5.41) is 0. The minimum absolute atomic E-state index is 0. The number of unbranched alkanes of at least 4 members (excludes halogenated alkanes) is 14. The molecule has 44 heteroatoms. The molecule has 2 saturated heterocycles. The molecule has 2 aliphatic rings. The van der Waals surface area contributed by atoms with E-state index in [4.69, 9.17) is 266 Å². The summed E-state index contributed by atoms with van der Waals surface area (Å²) < 4.78 is 5.47. The Balaban J connectivity index is -0.000000172. The highest BCUT2D eigenvalue weighted by atomic mass is 35.8. The van der Waals surface area contributed by atoms with Crippen molar-refractivity contribution in [3.8, 4) is 0 Å². The molecular formula is C58H132Cl28N4Si12. The number of halogens is 28. The van der Waals surface area contributed by atoms with Gasteiger partial charge in [-0.1, -0.05) is 187 Å². The van der Waals surface area contributed by atoms with Crippen LogP contribution < -0.4 is 49.6 Å². The van der Waals surface area contributed by atoms with Crippen LogP contribution in [0.15, 0.2) is 0 Å². The van der Waals surface area contributed by atoms with E-state index in [0.717, 1.165) is 0 Å². The fraction of sp³-hybridized carbons (Fsp3) is 1.00. The van der Waals surface area contributed by atoms with E-state index >= 15 is 0 Å². The van der Waals surface area contributed by atoms with Crippen LogP contribution in [0, 0.1) is 0 Å². The molecule has 2 aliphatic heterocycles. The molecule has 2 fully saturated rings. The first-order chi connectivity index (χ1) is 44.8. The minimum Gasteiger partial charge on any atom is -1.00 e. The quantitative estimate of drug-likeness (QED) is 0.0325. The van der Waals surface area contributed by atoms with E-state index in [1.54, 1.807) is 0 Å². The zero-order chi connectivity index (χ0) is 77.7. The highest BCUT2D eigenvalue weighted by Crippen LogP contribution is 2.68. The van der Waals surface area contributed by atoms with Gasteiger partial charge in [-0.05, 0) is 89.9 Å². The van der Waals surface area contributed by atoms with Gasteiger partial charge in [-0.25, -0.2) is 0 Å². The van der Waals surface area contributed by atoms with Crippen molar-refractivity contribution in [1.82, 2.24) is 0 Å². The van der Waals surface area contributed by atoms with Crippen molar-refractivity contribution in [3.05, 3.63) is 0 Å². The van der Waals surface area contributed by atoms with Crippen molar-refractivity contribution < 1.29 is 67.6 Å². The van der Waals surface area contributed by atoms with Gasteiger partial charge in [-0.15, -0.1) is 266 Å². The normalized spacial score (nSPS) is 19.3. The Labute approximate surface area is 773 Å². The Morgan fingerprint density at radius 2 is 0.216 bits per heavy atom. The molecule has 0 spiro atoms. The van der Waals surface area contributed by atoms with Gasteiger partial charge < -0.3 is 67.6 Å². The maximum Gasteiger partial charge on any atom is 0.295 e. The summed E-state index contributed by atoms with van der Waals surface area (Å²) in [5.74, 6) is 0. The van der Waals surface area contributed by atoms with E-state index in [1.165, 1.54) is 289 Å². The van der Waals surface area contributed by atoms with Crippen LogP contribution in [0.1, 0.15) is 277 Å². The summed E-state index contributed by atoms with van der Waals surface area (Å²) in [6.07, 6.45) is 38.5. The average molecular weight is 2220 g/mol. The van der Waals surface area contributed by atoms with E-state index in [-0.39, 0.29) is 49.6 Å². The van der Waals surface area contributed by atoms with E-state index in [0.29, 0.717) is 0 Å². The third-order valence-corrected chi connectivity index (χ3v) is 397. The monoisotopic (exact) mass is 2200 g/mol. The van der Waals surface area contributed by atoms with E-state index < -0.39 is 68.7 Å². The number of quaternary nitrogens is 4. The van der Waals surface area contributed by atoms with Crippen molar-refractivity contribution in [2.45, 2.75) is 277 Å². The largest absolute Gasteiger partial charge is 1.00 e. The molecule has 0 radical (unpaired) electrons. The number of hydrogen-bond acceptors (Lipinski definition) is 0. The summed E-state index contributed by atoms with van der Waals surface area (Å²) in [6, 6.07) is 0. The number of hydrogen-bond donors (Lipinski definition) is 0. The van der Waals surface area contributed by atoms with Gasteiger partial charge >= 0.3 is 0 Å². The van der Waals surface area contributed by atoms with E-state index in [1.807, 2.05) is 0 Å². The van der Waals surface area contributed by atoms with Crippen LogP contribution in [0.25, 0.3) is 0 Å². The fourth-order valence-corrected chi connectivity index (χ4v) is 584. The van der Waals surface area contributed by atoms with Gasteiger partial charge in [0.05, 0.1) is 106 Å². The third kappa shape index (κ3) is 37.3. The second kappa shape index (κ2) is 61.8. The molecule has 0 aromatic carbocycles. The molecule has 0 bridgehead atoms. The molecule has 0 atom stereocenters. The highest BCUT2D eigenvalue weighted by molar-refractivity contribution is 8.53. The lowest BCUT2D eigenvalue weighted by molar-refractivity contribution is -0.929. The van der Waals surface area contributed by atoms with E-state index in [2.05, 4.69) is 111 Å². The van der Waals surface area contributed by atoms with Crippen molar-refractivity contribution in [1.29, 1.82) is 0 Å². The molecule has 102 heavy (non-hydrogen) atoms. The standard InChI is InChI=1S/2C16H36N.2C13H30N.2Cl12Si6.4ClH/c2*1-5-9-13-17(14-10-6-2,15-11-7-3)16-12-8-4;2*1-5-8-11-14(4,12-9-6-2)13-10-7-3;2*1-13(2)14(3,4)16(7,8)18(11,12)17(9,10)15(13,5)6;;;;/h2*5-16H2,1-4H3;2*5-13H2,1-4H3;;;4*1H/q4*+1;;;;;;/p-4. The van der Waals surface area contributed by atoms with Gasteiger partial charge in [0.2, 0.25) is 0 Å². The van der Waals surface area contributed by atoms with Gasteiger partial charge in [-0.2, -0.15) is 0 Å². The van der Waals surface area contributed by atoms with Crippen molar-refractivity contribution in [3.63, 3.8) is 0 Å². The number of nitrogens with zero attached hydrogens (tertiary/aromatic N) is 4. The van der Waals surface area contributed by atoms with Crippen LogP contribution in [-0.4, -0.2) is 192 Å². The van der Waals surface area contributed by atoms with Crippen LogP contribution >= 0.6 is 266 Å². The molecule has 0 amide bonds. The molecule has 2 heterocycles. The lowest BCUT2D eigenvalue weighted by Crippen LogP contribution is -3.00. The number of rotatable bonds is 42. The molecule has 0 aliphatic carbocycles. The Kier molecular flexibility index (Phi) is 77.6. The molecule has 0 unspecified atom stereocenters. The molecule has 4 nitrogen and oxygen atoms in total. The topological polar surface area (TPSA) is 0 Å². The highest BCUT2D eigenvalue weighted by Gasteiger charge is 2.97. The van der Waals surface area contributed by atoms with Crippen molar-refractivity contribution in [2.24, 2.45) is 0 Å². The molecule has 2 rings (SSSR count). The molecule has 0 N–H and O–H groups in total. The first kappa shape index (κ1) is 128. The molecule has 0 saturated carbocycles. The Bertz CT molecular complexity index is 1570. The minimum atomic E-state index is -3.66. The second-order valence-electron chi connectivity index (χ2n) is 27.9. The molecule has 0 aromatic rings. The molecule has 0 aromatic heterocycles. The van der Waals surface area contributed by atoms with Crippen molar-refractivity contribution in [2.75, 3.05) is 106 Å². The fourth-order valence-electron chi connectivity index (χ4n) is 11.6. The molecular weight excluding hydrogens is 2080 g/mol. The van der Waals surface area contributed by atoms with Crippen molar-refractivity contribution >= 4 is 335 Å². The Morgan fingerprint density at radius 3 is 0.284 bits per heavy atom. The van der Waals surface area contributed by atoms with Gasteiger partial charge in [0, 0.05) is 0 Å². The SMILES string of the molecule is CCCC[N+](C)(CCCC)CCCC.CCCC[N+](C)(CCCC)CCCC.CCCC[N+](CCCC)(CCCC)CCCC.CCCC[N+](CCCC)(CCCC)CCCC.Cl[Si]1(Cl)[Si](Cl)(Cl)[Si](Cl)(Cl)[Si](Cl)(Cl)[Si](Cl)(Cl)[Si]1(Cl)Cl.Cl[Si]1(Cl)[Si](Cl)(Cl)[Si](Cl)(Cl)[Si](Cl)(Cl)[Si](Cl)(Cl)[Si]1(Cl)Cl.[Cl-].[Cl-].[Cl-].[Cl-]. The summed E-state index contributed by atoms with van der Waals surface area (Å²) in [7, 11) is 4.89. The zero-order valence-corrected chi connectivity index (χ0v) is 97.2. The van der Waals surface area contributed by atoms with Crippen LogP contribution in [0.5, 0.6) is 0 Å².